The summed E-state index contributed by atoms with van der Waals surface area (Å²) < 4.78 is 0. The summed E-state index contributed by atoms with van der Waals surface area (Å²) in [6, 6.07) is 9.89. The second-order valence-electron chi connectivity index (χ2n) is 7.54. The van der Waals surface area contributed by atoms with Crippen LogP contribution in [0.15, 0.2) is 24.3 Å². The third-order valence-corrected chi connectivity index (χ3v) is 6.34. The predicted octanol–water partition coefficient (Wildman–Crippen LogP) is 4.12. The molecule has 3 aliphatic rings. The van der Waals surface area contributed by atoms with Crippen LogP contribution in [0.1, 0.15) is 33.1 Å². The molecule has 4 rings (SSSR count). The molecule has 1 aliphatic carbocycles. The third kappa shape index (κ3) is 2.44. The van der Waals surface area contributed by atoms with Crippen LogP contribution in [0.4, 0.5) is 11.4 Å². The number of alkyl halides is 1. The van der Waals surface area contributed by atoms with Gasteiger partial charge in [0.2, 0.25) is 0 Å². The van der Waals surface area contributed by atoms with E-state index in [9.17, 15) is 0 Å². The van der Waals surface area contributed by atoms with E-state index in [-0.39, 0.29) is 0 Å². The number of para-hydroxylation sites is 2. The largest absolute Gasteiger partial charge is 0.377 e. The fraction of sp³-hybridized carbons (Fsp3) is 0.667. The van der Waals surface area contributed by atoms with Gasteiger partial charge in [-0.2, -0.15) is 0 Å². The van der Waals surface area contributed by atoms with E-state index in [2.05, 4.69) is 69.6 Å². The second kappa shape index (κ2) is 5.72. The number of anilines is 2. The van der Waals surface area contributed by atoms with E-state index < -0.39 is 0 Å². The van der Waals surface area contributed by atoms with Crippen molar-refractivity contribution in [1.29, 1.82) is 0 Å². The molecule has 2 N–H and O–H groups in total. The zero-order valence-corrected chi connectivity index (χ0v) is 15.0. The highest BCUT2D eigenvalue weighted by atomic mass is 79.9. The first-order valence-corrected chi connectivity index (χ1v) is 9.57. The fourth-order valence-corrected chi connectivity index (χ4v) is 5.38. The lowest BCUT2D eigenvalue weighted by atomic mass is 9.82. The van der Waals surface area contributed by atoms with Crippen LogP contribution in [0.5, 0.6) is 0 Å². The van der Waals surface area contributed by atoms with Crippen molar-refractivity contribution in [3.05, 3.63) is 24.3 Å². The minimum Gasteiger partial charge on any atom is -0.377 e. The molecule has 0 bridgehead atoms. The van der Waals surface area contributed by atoms with Gasteiger partial charge < -0.3 is 10.6 Å². The molecule has 0 amide bonds. The summed E-state index contributed by atoms with van der Waals surface area (Å²) >= 11 is 3.88. The Bertz CT molecular complexity index is 547. The summed E-state index contributed by atoms with van der Waals surface area (Å²) in [6.07, 6.45) is 4.35. The maximum absolute atomic E-state index is 3.88. The van der Waals surface area contributed by atoms with Gasteiger partial charge in [0, 0.05) is 17.4 Å². The highest BCUT2D eigenvalue weighted by Crippen LogP contribution is 2.46. The van der Waals surface area contributed by atoms with Gasteiger partial charge in [-0.15, -0.1) is 0 Å². The van der Waals surface area contributed by atoms with Gasteiger partial charge in [0.1, 0.15) is 6.17 Å². The van der Waals surface area contributed by atoms with Crippen molar-refractivity contribution in [1.82, 2.24) is 4.90 Å². The van der Waals surface area contributed by atoms with E-state index in [1.54, 1.807) is 0 Å². The molecule has 0 spiro atoms. The summed E-state index contributed by atoms with van der Waals surface area (Å²) in [7, 11) is 0. The summed E-state index contributed by atoms with van der Waals surface area (Å²) in [5.41, 5.74) is 2.53. The molecule has 1 saturated heterocycles. The van der Waals surface area contributed by atoms with Crippen molar-refractivity contribution in [3.8, 4) is 0 Å². The van der Waals surface area contributed by atoms with E-state index in [4.69, 9.17) is 0 Å². The van der Waals surface area contributed by atoms with Crippen LogP contribution in [-0.2, 0) is 0 Å². The Morgan fingerprint density at radius 2 is 1.91 bits per heavy atom. The first-order valence-electron chi connectivity index (χ1n) is 8.65. The van der Waals surface area contributed by atoms with Gasteiger partial charge in [0.15, 0.2) is 0 Å². The zero-order valence-electron chi connectivity index (χ0n) is 13.4. The van der Waals surface area contributed by atoms with E-state index in [1.165, 1.54) is 37.2 Å². The maximum Gasteiger partial charge on any atom is 0.101 e. The topological polar surface area (TPSA) is 27.3 Å². The van der Waals surface area contributed by atoms with Crippen LogP contribution < -0.4 is 10.6 Å². The summed E-state index contributed by atoms with van der Waals surface area (Å²) in [6.45, 7) is 5.86. The van der Waals surface area contributed by atoms with Crippen LogP contribution in [0, 0.1) is 11.8 Å². The zero-order chi connectivity index (χ0) is 15.3. The van der Waals surface area contributed by atoms with Gasteiger partial charge in [-0.3, -0.25) is 4.90 Å². The lowest BCUT2D eigenvalue weighted by Crippen LogP contribution is -2.49. The van der Waals surface area contributed by atoms with Crippen LogP contribution in [0.2, 0.25) is 0 Å². The molecule has 2 heterocycles. The molecular formula is C18H26BrN3. The molecule has 5 atom stereocenters. The average Bonchev–Trinajstić information content (AvgIpc) is 2.78. The van der Waals surface area contributed by atoms with Crippen molar-refractivity contribution >= 4 is 27.3 Å². The molecule has 3 nitrogen and oxygen atoms in total. The Kier molecular flexibility index (Phi) is 3.85. The maximum atomic E-state index is 3.88. The van der Waals surface area contributed by atoms with Crippen molar-refractivity contribution in [2.75, 3.05) is 17.2 Å². The number of halogens is 1. The van der Waals surface area contributed by atoms with Crippen LogP contribution in [-0.4, -0.2) is 34.5 Å². The summed E-state index contributed by atoms with van der Waals surface area (Å²) in [5.74, 6) is 1.45. The number of rotatable bonds is 2. The van der Waals surface area contributed by atoms with Crippen LogP contribution in [0.25, 0.3) is 0 Å². The van der Waals surface area contributed by atoms with Gasteiger partial charge in [-0.05, 0) is 43.2 Å². The van der Waals surface area contributed by atoms with Gasteiger partial charge in [0.05, 0.1) is 17.4 Å². The smallest absolute Gasteiger partial charge is 0.101 e. The second-order valence-corrected chi connectivity index (χ2v) is 8.83. The van der Waals surface area contributed by atoms with Gasteiger partial charge in [-0.1, -0.05) is 41.9 Å². The molecule has 22 heavy (non-hydrogen) atoms. The Balaban J connectivity index is 1.67. The normalized spacial score (nSPS) is 37.0. The van der Waals surface area contributed by atoms with Crippen molar-refractivity contribution in [2.45, 2.75) is 56.2 Å². The lowest BCUT2D eigenvalue weighted by Gasteiger charge is -2.37. The number of nitrogens with one attached hydrogen (secondary N) is 2. The Morgan fingerprint density at radius 3 is 2.64 bits per heavy atom. The molecule has 4 heteroatoms. The number of fused-ring (bicyclic) bond motifs is 4. The Hall–Kier alpha value is -0.740. The number of benzene rings is 1. The van der Waals surface area contributed by atoms with E-state index in [1.807, 2.05) is 0 Å². The van der Waals surface area contributed by atoms with Crippen LogP contribution in [0.3, 0.4) is 0 Å². The van der Waals surface area contributed by atoms with E-state index in [0.717, 1.165) is 12.0 Å². The predicted molar refractivity (Wildman–Crippen MR) is 96.7 cm³/mol. The lowest BCUT2D eigenvalue weighted by molar-refractivity contribution is 0.145. The Labute approximate surface area is 142 Å². The number of hydrogen-bond acceptors (Lipinski definition) is 3. The van der Waals surface area contributed by atoms with Gasteiger partial charge in [0.25, 0.3) is 0 Å². The SMILES string of the molecule is CC(C)CN1C2CCC(Br)CC2C2Nc3ccccc3NC21. The molecular weight excluding hydrogens is 338 g/mol. The van der Waals surface area contributed by atoms with Gasteiger partial charge >= 0.3 is 0 Å². The van der Waals surface area contributed by atoms with E-state index in [0.29, 0.717) is 23.0 Å². The van der Waals surface area contributed by atoms with Crippen molar-refractivity contribution in [2.24, 2.45) is 11.8 Å². The quantitative estimate of drug-likeness (QED) is 0.773. The fourth-order valence-electron chi connectivity index (χ4n) is 4.68. The minimum atomic E-state index is 0.435. The third-order valence-electron chi connectivity index (χ3n) is 5.51. The highest BCUT2D eigenvalue weighted by molar-refractivity contribution is 9.09. The molecule has 0 radical (unpaired) electrons. The Morgan fingerprint density at radius 1 is 1.18 bits per heavy atom. The van der Waals surface area contributed by atoms with Crippen molar-refractivity contribution < 1.29 is 0 Å². The molecule has 1 aromatic carbocycles. The first-order chi connectivity index (χ1) is 10.6. The molecule has 2 aliphatic heterocycles. The monoisotopic (exact) mass is 363 g/mol. The summed E-state index contributed by atoms with van der Waals surface area (Å²) in [5, 5.41) is 7.69. The molecule has 1 saturated carbocycles. The summed E-state index contributed by atoms with van der Waals surface area (Å²) in [4.78, 5) is 3.44. The number of likely N-dealkylation sites (tertiary alicyclic amines) is 1. The first kappa shape index (κ1) is 14.8. The van der Waals surface area contributed by atoms with E-state index >= 15 is 0 Å². The van der Waals surface area contributed by atoms with Crippen molar-refractivity contribution in [3.63, 3.8) is 0 Å². The van der Waals surface area contributed by atoms with Gasteiger partial charge in [-0.25, -0.2) is 0 Å². The molecule has 1 aromatic rings. The highest BCUT2D eigenvalue weighted by Gasteiger charge is 2.52. The standard InChI is InChI=1S/C18H26BrN3/c1-11(2)10-22-16-8-7-12(19)9-13(16)17-18(22)21-15-6-4-3-5-14(15)20-17/h3-6,11-13,16-18,20-21H,7-10H2,1-2H3. The number of hydrogen-bond donors (Lipinski definition) is 2. The number of nitrogens with zero attached hydrogens (tertiary/aromatic N) is 1. The molecule has 5 unspecified atom stereocenters. The molecule has 0 aromatic heterocycles. The van der Waals surface area contributed by atoms with Crippen LogP contribution >= 0.6 is 15.9 Å². The minimum absolute atomic E-state index is 0.435. The average molecular weight is 364 g/mol. The molecule has 2 fully saturated rings. The molecule has 120 valence electrons.